The largest absolute Gasteiger partial charge is 0.308 e. The van der Waals surface area contributed by atoms with E-state index < -0.39 is 65.0 Å². The van der Waals surface area contributed by atoms with Gasteiger partial charge in [-0.3, -0.25) is 0 Å². The molecule has 0 bridgehead atoms. The molecule has 0 saturated heterocycles. The smallest absolute Gasteiger partial charge is 0.187 e. The van der Waals surface area contributed by atoms with Gasteiger partial charge in [-0.1, -0.05) is 162 Å². The Labute approximate surface area is 259 Å². The number of nitrogens with two attached hydrogens (primary N) is 2. The molecule has 2 saturated carbocycles. The van der Waals surface area contributed by atoms with Crippen molar-refractivity contribution in [3.8, 4) is 0 Å². The Bertz CT molecular complexity index is 699. The molecule has 0 aromatic carbocycles. The van der Waals surface area contributed by atoms with Gasteiger partial charge in [-0.15, -0.1) is 23.2 Å². The highest BCUT2D eigenvalue weighted by atomic mass is 35.6. The molecule has 0 amide bonds. The Kier molecular flexibility index (Phi) is 8.74. The van der Waals surface area contributed by atoms with E-state index in [9.17, 15) is 0 Å². The molecule has 184 valence electrons. The van der Waals surface area contributed by atoms with Crippen molar-refractivity contribution in [2.75, 3.05) is 0 Å². The number of hydrogen-bond acceptors (Lipinski definition) is 2. The monoisotopic (exact) mass is 754 g/mol. The van der Waals surface area contributed by atoms with Gasteiger partial charge in [0, 0.05) is 12.8 Å². The van der Waals surface area contributed by atoms with E-state index in [0.29, 0.717) is 0 Å². The van der Waals surface area contributed by atoms with Crippen LogP contribution in [-0.4, -0.2) is 45.7 Å². The third-order valence-electron chi connectivity index (χ3n) is 5.46. The molecule has 2 aliphatic rings. The van der Waals surface area contributed by atoms with E-state index >= 15 is 0 Å². The SMILES string of the molecule is NC1(Cl)C(Cl)(Cl)CC(Cl)(CC2(Cl)CC(Cl)(Cl)C(N)(Cl)C(Cl)(Cl)C2(Cl)Cl)C(Cl)(Cl)C1(Cl)Cl. The predicted octanol–water partition coefficient (Wildman–Crippen LogP) is 8.97. The molecule has 0 radical (unpaired) electrons. The van der Waals surface area contributed by atoms with Gasteiger partial charge >= 0.3 is 0 Å². The molecular weight excluding hydrogens is 751 g/mol. The third-order valence-corrected chi connectivity index (χ3v) is 16.3. The van der Waals surface area contributed by atoms with Crippen molar-refractivity contribution in [3.05, 3.63) is 0 Å². The molecule has 0 heterocycles. The van der Waals surface area contributed by atoms with Gasteiger partial charge in [-0.05, 0) is 6.42 Å². The third kappa shape index (κ3) is 4.10. The Balaban J connectivity index is 2.70. The predicted molar refractivity (Wildman–Crippen MR) is 143 cm³/mol. The average Bonchev–Trinajstić information content (AvgIpc) is 2.50. The van der Waals surface area contributed by atoms with E-state index in [4.69, 9.17) is 197 Å². The fraction of sp³-hybridized carbons (Fsp3) is 1.00. The van der Waals surface area contributed by atoms with E-state index in [2.05, 4.69) is 0 Å². The zero-order valence-corrected chi connectivity index (χ0v) is 26.4. The van der Waals surface area contributed by atoms with Crippen LogP contribution in [0.5, 0.6) is 0 Å². The Morgan fingerprint density at radius 1 is 0.419 bits per heavy atom. The number of halogens is 16. The van der Waals surface area contributed by atoms with Crippen LogP contribution >= 0.6 is 186 Å². The van der Waals surface area contributed by atoms with Crippen molar-refractivity contribution in [2.24, 2.45) is 11.5 Å². The van der Waals surface area contributed by atoms with Gasteiger partial charge in [-0.2, -0.15) is 0 Å². The van der Waals surface area contributed by atoms with Crippen molar-refractivity contribution in [2.45, 2.75) is 65.0 Å². The van der Waals surface area contributed by atoms with Crippen molar-refractivity contribution in [1.82, 2.24) is 0 Å². The fourth-order valence-electron chi connectivity index (χ4n) is 3.45. The lowest BCUT2D eigenvalue weighted by atomic mass is 9.72. The number of alkyl halides is 16. The molecule has 2 rings (SSSR count). The summed E-state index contributed by atoms with van der Waals surface area (Å²) < 4.78 is -13.9. The summed E-state index contributed by atoms with van der Waals surface area (Å²) in [7, 11) is 0. The van der Waals surface area contributed by atoms with Crippen LogP contribution in [0.15, 0.2) is 0 Å². The van der Waals surface area contributed by atoms with Gasteiger partial charge in [0.05, 0.1) is 9.75 Å². The number of hydrogen-bond donors (Lipinski definition) is 2. The summed E-state index contributed by atoms with van der Waals surface area (Å²) in [6.45, 7) is 0. The van der Waals surface area contributed by atoms with E-state index in [1.54, 1.807) is 0 Å². The van der Waals surface area contributed by atoms with Gasteiger partial charge in [0.2, 0.25) is 0 Å². The lowest BCUT2D eigenvalue weighted by molar-refractivity contribution is 0.199. The van der Waals surface area contributed by atoms with Crippen LogP contribution in [0.4, 0.5) is 0 Å². The van der Waals surface area contributed by atoms with Crippen LogP contribution < -0.4 is 11.5 Å². The molecule has 0 aliphatic heterocycles. The van der Waals surface area contributed by atoms with E-state index in [1.165, 1.54) is 0 Å². The summed E-state index contributed by atoms with van der Waals surface area (Å²) in [5.41, 5.74) is 12.0. The molecule has 0 aromatic rings. The van der Waals surface area contributed by atoms with Crippen LogP contribution in [0.2, 0.25) is 0 Å². The maximum Gasteiger partial charge on any atom is 0.187 e. The Morgan fingerprint density at radius 3 is 0.871 bits per heavy atom. The minimum Gasteiger partial charge on any atom is -0.308 e. The zero-order chi connectivity index (χ0) is 25.1. The maximum absolute atomic E-state index is 6.82. The quantitative estimate of drug-likeness (QED) is 0.218. The van der Waals surface area contributed by atoms with Crippen molar-refractivity contribution in [3.63, 3.8) is 0 Å². The molecule has 4 N–H and O–H groups in total. The van der Waals surface area contributed by atoms with Crippen molar-refractivity contribution >= 4 is 186 Å². The molecule has 0 spiro atoms. The molecule has 2 fully saturated rings. The second-order valence-electron chi connectivity index (χ2n) is 7.59. The summed E-state index contributed by atoms with van der Waals surface area (Å²) in [6, 6.07) is 0. The summed E-state index contributed by atoms with van der Waals surface area (Å²) in [6.07, 6.45) is -1.64. The first-order valence-electron chi connectivity index (χ1n) is 7.72. The molecule has 4 unspecified atom stereocenters. The van der Waals surface area contributed by atoms with Gasteiger partial charge in [0.15, 0.2) is 36.0 Å². The molecule has 0 aromatic heterocycles. The molecule has 2 aliphatic carbocycles. The lowest BCUT2D eigenvalue weighted by Crippen LogP contribution is -2.80. The normalized spacial score (nSPS) is 47.0. The highest BCUT2D eigenvalue weighted by Gasteiger charge is 2.83. The first-order chi connectivity index (χ1) is 13.1. The first-order valence-corrected chi connectivity index (χ1v) is 13.8. The summed E-state index contributed by atoms with van der Waals surface area (Å²) in [4.78, 5) is -8.61. The Hall–Kier alpha value is 4.56. The minimum absolute atomic E-state index is 0.527. The summed E-state index contributed by atoms with van der Waals surface area (Å²) in [5, 5.41) is 0. The number of rotatable bonds is 2. The fourth-order valence-corrected chi connectivity index (χ4v) is 10.1. The first kappa shape index (κ1) is 31.8. The average molecular weight is 761 g/mol. The second kappa shape index (κ2) is 8.53. The standard InChI is InChI=1S/C13H10Cl16N2/c14-4(2-6(16,17)12(28,30)10(24,25)8(4,20)21)1-5(15)3-7(18,19)13(29,31)11(26,27)9(5,22)23/h1-3,30-31H2. The Morgan fingerprint density at radius 2 is 0.645 bits per heavy atom. The highest BCUT2D eigenvalue weighted by Crippen LogP contribution is 2.74. The van der Waals surface area contributed by atoms with Gasteiger partial charge in [-0.25, -0.2) is 0 Å². The molecule has 2 nitrogen and oxygen atoms in total. The second-order valence-corrected chi connectivity index (χ2v) is 18.5. The van der Waals surface area contributed by atoms with Gasteiger partial charge in [0.25, 0.3) is 0 Å². The van der Waals surface area contributed by atoms with Crippen LogP contribution in [0.1, 0.15) is 19.3 Å². The van der Waals surface area contributed by atoms with Crippen molar-refractivity contribution in [1.29, 1.82) is 0 Å². The minimum atomic E-state index is -2.46. The van der Waals surface area contributed by atoms with Crippen LogP contribution in [0, 0.1) is 0 Å². The highest BCUT2D eigenvalue weighted by molar-refractivity contribution is 6.72. The molecule has 18 heteroatoms. The van der Waals surface area contributed by atoms with Crippen LogP contribution in [0.3, 0.4) is 0 Å². The van der Waals surface area contributed by atoms with Crippen LogP contribution in [-0.2, 0) is 0 Å². The van der Waals surface area contributed by atoms with E-state index in [1.807, 2.05) is 0 Å². The van der Waals surface area contributed by atoms with E-state index in [0.717, 1.165) is 0 Å². The lowest BCUT2D eigenvalue weighted by Gasteiger charge is -2.63. The maximum atomic E-state index is 6.82. The van der Waals surface area contributed by atoms with Gasteiger partial charge in [0.1, 0.15) is 0 Å². The van der Waals surface area contributed by atoms with Crippen molar-refractivity contribution < 1.29 is 0 Å². The van der Waals surface area contributed by atoms with Crippen LogP contribution in [0.25, 0.3) is 0 Å². The summed E-state index contributed by atoms with van der Waals surface area (Å²) >= 11 is 103. The molecule has 31 heavy (non-hydrogen) atoms. The van der Waals surface area contributed by atoms with E-state index in [-0.39, 0.29) is 0 Å². The summed E-state index contributed by atoms with van der Waals surface area (Å²) in [5.74, 6) is 0. The van der Waals surface area contributed by atoms with Gasteiger partial charge < -0.3 is 11.5 Å². The molecule has 4 atom stereocenters. The molecular formula is C13H10Cl16N2. The zero-order valence-electron chi connectivity index (χ0n) is 14.3. The topological polar surface area (TPSA) is 52.0 Å².